The molecule has 0 aliphatic rings. The molecule has 0 saturated carbocycles. The second kappa shape index (κ2) is 6.24. The summed E-state index contributed by atoms with van der Waals surface area (Å²) in [5, 5.41) is 9.14. The summed E-state index contributed by atoms with van der Waals surface area (Å²) in [4.78, 5) is 11.9. The summed E-state index contributed by atoms with van der Waals surface area (Å²) in [7, 11) is 0. The Hall–Kier alpha value is -1.56. The topological polar surface area (TPSA) is 93.0 Å². The summed E-state index contributed by atoms with van der Waals surface area (Å²) in [6, 6.07) is -0.0308. The molecule has 6 nitrogen and oxygen atoms in total. The van der Waals surface area contributed by atoms with Crippen LogP contribution in [0, 0.1) is 5.92 Å². The van der Waals surface area contributed by atoms with E-state index in [1.807, 2.05) is 20.8 Å². The van der Waals surface area contributed by atoms with E-state index in [1.54, 1.807) is 0 Å². The van der Waals surface area contributed by atoms with Crippen molar-refractivity contribution in [2.45, 2.75) is 26.8 Å². The molecule has 0 radical (unpaired) electrons. The highest BCUT2D eigenvalue weighted by molar-refractivity contribution is 5.98. The number of H-pyrrole nitrogens is 1. The van der Waals surface area contributed by atoms with Gasteiger partial charge in [0.05, 0.1) is 18.8 Å². The van der Waals surface area contributed by atoms with Gasteiger partial charge in [-0.25, -0.2) is 0 Å². The lowest BCUT2D eigenvalue weighted by Crippen LogP contribution is -2.42. The summed E-state index contributed by atoms with van der Waals surface area (Å²) in [6.07, 6.45) is 1.42. The summed E-state index contributed by atoms with van der Waals surface area (Å²) < 4.78 is 5.34. The molecule has 4 N–H and O–H groups in total. The van der Waals surface area contributed by atoms with Crippen LogP contribution >= 0.6 is 0 Å². The number of nitrogens with one attached hydrogen (secondary N) is 2. The Kier molecular flexibility index (Phi) is 4.96. The molecule has 1 amide bonds. The zero-order chi connectivity index (χ0) is 12.8. The normalized spacial score (nSPS) is 12.7. The van der Waals surface area contributed by atoms with E-state index in [4.69, 9.17) is 10.5 Å². The highest BCUT2D eigenvalue weighted by Gasteiger charge is 2.19. The number of amides is 1. The third kappa shape index (κ3) is 3.74. The van der Waals surface area contributed by atoms with E-state index in [1.165, 1.54) is 6.20 Å². The molecule has 0 aliphatic heterocycles. The van der Waals surface area contributed by atoms with Crippen LogP contribution in [0.2, 0.25) is 0 Å². The lowest BCUT2D eigenvalue weighted by atomic mass is 10.1. The molecule has 0 saturated heterocycles. The quantitative estimate of drug-likeness (QED) is 0.685. The van der Waals surface area contributed by atoms with Gasteiger partial charge in [-0.15, -0.1) is 0 Å². The molecular weight excluding hydrogens is 220 g/mol. The standard InChI is InChI=1S/C11H20N4O2/c1-4-17-6-9(7(2)3)14-11(16)8-5-13-15-10(8)12/h5,7,9H,4,6H2,1-3H3,(H,14,16)(H3,12,13,15). The van der Waals surface area contributed by atoms with Gasteiger partial charge in [0.2, 0.25) is 0 Å². The average molecular weight is 240 g/mol. The van der Waals surface area contributed by atoms with Crippen LogP contribution in [0.3, 0.4) is 0 Å². The van der Waals surface area contributed by atoms with Crippen molar-refractivity contribution >= 4 is 11.7 Å². The molecule has 1 aromatic heterocycles. The molecule has 1 unspecified atom stereocenters. The van der Waals surface area contributed by atoms with Gasteiger partial charge in [0.25, 0.3) is 5.91 Å². The zero-order valence-corrected chi connectivity index (χ0v) is 10.5. The number of nitrogens with zero attached hydrogens (tertiary/aromatic N) is 1. The second-order valence-electron chi connectivity index (χ2n) is 4.18. The minimum absolute atomic E-state index is 0.0308. The molecule has 1 rings (SSSR count). The van der Waals surface area contributed by atoms with Crippen LogP contribution in [-0.4, -0.2) is 35.4 Å². The molecule has 6 heteroatoms. The molecule has 0 fully saturated rings. The Morgan fingerprint density at radius 3 is 2.82 bits per heavy atom. The van der Waals surface area contributed by atoms with Gasteiger partial charge < -0.3 is 15.8 Å². The molecule has 17 heavy (non-hydrogen) atoms. The molecule has 1 atom stereocenters. The SMILES string of the molecule is CCOCC(NC(=O)c1cn[nH]c1N)C(C)C. The Morgan fingerprint density at radius 2 is 2.35 bits per heavy atom. The summed E-state index contributed by atoms with van der Waals surface area (Å²) >= 11 is 0. The maximum atomic E-state index is 11.9. The first kappa shape index (κ1) is 13.5. The number of aromatic nitrogens is 2. The number of carbonyl (C=O) groups is 1. The molecule has 0 aromatic carbocycles. The number of hydrogen-bond acceptors (Lipinski definition) is 4. The minimum Gasteiger partial charge on any atom is -0.383 e. The first-order chi connectivity index (χ1) is 8.06. The van der Waals surface area contributed by atoms with E-state index >= 15 is 0 Å². The predicted molar refractivity (Wildman–Crippen MR) is 65.6 cm³/mol. The van der Waals surface area contributed by atoms with Gasteiger partial charge in [0.15, 0.2) is 0 Å². The van der Waals surface area contributed by atoms with E-state index in [9.17, 15) is 4.79 Å². The van der Waals surface area contributed by atoms with Gasteiger partial charge in [-0.05, 0) is 12.8 Å². The number of aromatic amines is 1. The summed E-state index contributed by atoms with van der Waals surface area (Å²) in [5.41, 5.74) is 5.95. The van der Waals surface area contributed by atoms with E-state index in [0.717, 1.165) is 0 Å². The van der Waals surface area contributed by atoms with Crippen LogP contribution in [0.5, 0.6) is 0 Å². The largest absolute Gasteiger partial charge is 0.383 e. The monoisotopic (exact) mass is 240 g/mol. The molecule has 0 bridgehead atoms. The molecule has 96 valence electrons. The van der Waals surface area contributed by atoms with Crippen LogP contribution in [0.25, 0.3) is 0 Å². The van der Waals surface area contributed by atoms with Crippen LogP contribution in [-0.2, 0) is 4.74 Å². The van der Waals surface area contributed by atoms with Gasteiger partial charge in [0, 0.05) is 6.61 Å². The highest BCUT2D eigenvalue weighted by atomic mass is 16.5. The highest BCUT2D eigenvalue weighted by Crippen LogP contribution is 2.08. The fraction of sp³-hybridized carbons (Fsp3) is 0.636. The predicted octanol–water partition coefficient (Wildman–Crippen LogP) is 0.783. The van der Waals surface area contributed by atoms with Gasteiger partial charge >= 0.3 is 0 Å². The van der Waals surface area contributed by atoms with Crippen LogP contribution < -0.4 is 11.1 Å². The molecule has 0 aliphatic carbocycles. The third-order valence-electron chi connectivity index (χ3n) is 2.54. The van der Waals surface area contributed by atoms with Crippen molar-refractivity contribution in [1.82, 2.24) is 15.5 Å². The Labute approximate surface area is 101 Å². The lowest BCUT2D eigenvalue weighted by molar-refractivity contribution is 0.0807. The number of nitrogens with two attached hydrogens (primary N) is 1. The maximum absolute atomic E-state index is 11.9. The van der Waals surface area contributed by atoms with Crippen molar-refractivity contribution in [2.75, 3.05) is 18.9 Å². The fourth-order valence-electron chi connectivity index (χ4n) is 1.37. The molecule has 0 spiro atoms. The Balaban J connectivity index is 2.61. The van der Waals surface area contributed by atoms with E-state index in [-0.39, 0.29) is 17.8 Å². The second-order valence-corrected chi connectivity index (χ2v) is 4.18. The summed E-state index contributed by atoms with van der Waals surface area (Å²) in [6.45, 7) is 7.11. The van der Waals surface area contributed by atoms with E-state index < -0.39 is 0 Å². The first-order valence-corrected chi connectivity index (χ1v) is 5.73. The van der Waals surface area contributed by atoms with Crippen molar-refractivity contribution in [2.24, 2.45) is 5.92 Å². The number of nitrogen functional groups attached to an aromatic ring is 1. The fourth-order valence-corrected chi connectivity index (χ4v) is 1.37. The molecule has 1 aromatic rings. The van der Waals surface area contributed by atoms with E-state index in [2.05, 4.69) is 15.5 Å². The van der Waals surface area contributed by atoms with Crippen LogP contribution in [0.15, 0.2) is 6.20 Å². The van der Waals surface area contributed by atoms with Crippen molar-refractivity contribution < 1.29 is 9.53 Å². The molecular formula is C11H20N4O2. The number of carbonyl (C=O) groups excluding carboxylic acids is 1. The van der Waals surface area contributed by atoms with E-state index in [0.29, 0.717) is 24.7 Å². The van der Waals surface area contributed by atoms with Gasteiger partial charge in [-0.3, -0.25) is 9.89 Å². The van der Waals surface area contributed by atoms with Crippen molar-refractivity contribution in [3.63, 3.8) is 0 Å². The summed E-state index contributed by atoms with van der Waals surface area (Å²) in [5.74, 6) is 0.342. The van der Waals surface area contributed by atoms with Crippen LogP contribution in [0.4, 0.5) is 5.82 Å². The zero-order valence-electron chi connectivity index (χ0n) is 10.5. The number of hydrogen-bond donors (Lipinski definition) is 3. The van der Waals surface area contributed by atoms with Gasteiger partial charge in [-0.1, -0.05) is 13.8 Å². The Bertz CT molecular complexity index is 362. The molecule has 1 heterocycles. The number of anilines is 1. The third-order valence-corrected chi connectivity index (χ3v) is 2.54. The average Bonchev–Trinajstić information content (AvgIpc) is 2.70. The van der Waals surface area contributed by atoms with Gasteiger partial charge in [0.1, 0.15) is 11.4 Å². The number of ether oxygens (including phenoxy) is 1. The van der Waals surface area contributed by atoms with Crippen LogP contribution in [0.1, 0.15) is 31.1 Å². The van der Waals surface area contributed by atoms with Gasteiger partial charge in [-0.2, -0.15) is 5.10 Å². The Morgan fingerprint density at radius 1 is 1.65 bits per heavy atom. The first-order valence-electron chi connectivity index (χ1n) is 5.73. The number of rotatable bonds is 6. The minimum atomic E-state index is -0.227. The van der Waals surface area contributed by atoms with Crippen molar-refractivity contribution in [3.8, 4) is 0 Å². The lowest BCUT2D eigenvalue weighted by Gasteiger charge is -2.21. The van der Waals surface area contributed by atoms with Crippen molar-refractivity contribution in [3.05, 3.63) is 11.8 Å². The maximum Gasteiger partial charge on any atom is 0.256 e. The van der Waals surface area contributed by atoms with Crippen molar-refractivity contribution in [1.29, 1.82) is 0 Å². The smallest absolute Gasteiger partial charge is 0.256 e.